The maximum atomic E-state index is 12.3. The molecule has 0 unspecified atom stereocenters. The van der Waals surface area contributed by atoms with E-state index in [0.717, 1.165) is 0 Å². The Hall–Kier alpha value is -2.81. The van der Waals surface area contributed by atoms with Gasteiger partial charge in [-0.2, -0.15) is 0 Å². The average molecular weight is 378 g/mol. The van der Waals surface area contributed by atoms with E-state index in [-0.39, 0.29) is 25.5 Å². The van der Waals surface area contributed by atoms with Crippen LogP contribution >= 0.6 is 0 Å². The smallest absolute Gasteiger partial charge is 0.311 e. The summed E-state index contributed by atoms with van der Waals surface area (Å²) in [6, 6.07) is 5.22. The molecule has 2 heterocycles. The highest BCUT2D eigenvalue weighted by atomic mass is 16.6. The first-order valence-electron chi connectivity index (χ1n) is 8.71. The molecule has 0 bridgehead atoms. The number of esters is 1. The molecule has 1 N–H and O–H groups in total. The zero-order chi connectivity index (χ0) is 19.2. The second kappa shape index (κ2) is 8.72. The SMILES string of the molecule is COCCNC(=O)COC(=O)[C@H]1CC(=O)N(c2ccc3c(c2)OCCO3)C1. The molecule has 0 spiro atoms. The summed E-state index contributed by atoms with van der Waals surface area (Å²) in [6.07, 6.45) is 0.0402. The minimum atomic E-state index is -0.613. The first-order chi connectivity index (χ1) is 13.1. The van der Waals surface area contributed by atoms with Gasteiger partial charge in [0.2, 0.25) is 5.91 Å². The predicted molar refractivity (Wildman–Crippen MR) is 93.7 cm³/mol. The van der Waals surface area contributed by atoms with Crippen LogP contribution in [0.3, 0.4) is 0 Å². The number of methoxy groups -OCH3 is 1. The van der Waals surface area contributed by atoms with E-state index in [1.54, 1.807) is 18.2 Å². The van der Waals surface area contributed by atoms with Crippen molar-refractivity contribution < 1.29 is 33.3 Å². The molecule has 0 aromatic heterocycles. The minimum absolute atomic E-state index is 0.0402. The first-order valence-corrected chi connectivity index (χ1v) is 8.71. The van der Waals surface area contributed by atoms with Crippen molar-refractivity contribution in [1.82, 2.24) is 5.32 Å². The maximum Gasteiger partial charge on any atom is 0.311 e. The van der Waals surface area contributed by atoms with Crippen molar-refractivity contribution in [2.24, 2.45) is 5.92 Å². The van der Waals surface area contributed by atoms with E-state index < -0.39 is 17.8 Å². The predicted octanol–water partition coefficient (Wildman–Crippen LogP) is 0.117. The topological polar surface area (TPSA) is 103 Å². The number of fused-ring (bicyclic) bond motifs is 1. The van der Waals surface area contributed by atoms with Gasteiger partial charge < -0.3 is 29.2 Å². The van der Waals surface area contributed by atoms with Gasteiger partial charge in [-0.25, -0.2) is 0 Å². The highest BCUT2D eigenvalue weighted by Gasteiger charge is 2.36. The Bertz CT molecular complexity index is 722. The Labute approximate surface area is 156 Å². The van der Waals surface area contributed by atoms with Crippen molar-refractivity contribution in [3.05, 3.63) is 18.2 Å². The zero-order valence-electron chi connectivity index (χ0n) is 15.1. The summed E-state index contributed by atoms with van der Waals surface area (Å²) in [5.41, 5.74) is 0.636. The second-order valence-corrected chi connectivity index (χ2v) is 6.18. The van der Waals surface area contributed by atoms with Crippen LogP contribution in [0.2, 0.25) is 0 Å². The summed E-state index contributed by atoms with van der Waals surface area (Å²) in [7, 11) is 1.52. The van der Waals surface area contributed by atoms with Crippen LogP contribution in [0, 0.1) is 5.92 Å². The number of hydrogen-bond donors (Lipinski definition) is 1. The van der Waals surface area contributed by atoms with Gasteiger partial charge in [0.25, 0.3) is 5.91 Å². The van der Waals surface area contributed by atoms with Crippen LogP contribution in [0.25, 0.3) is 0 Å². The van der Waals surface area contributed by atoms with Crippen molar-refractivity contribution in [2.45, 2.75) is 6.42 Å². The van der Waals surface area contributed by atoms with Crippen molar-refractivity contribution >= 4 is 23.5 Å². The number of anilines is 1. The maximum absolute atomic E-state index is 12.3. The van der Waals surface area contributed by atoms with Gasteiger partial charge in [0.15, 0.2) is 18.1 Å². The van der Waals surface area contributed by atoms with E-state index in [1.807, 2.05) is 0 Å². The molecule has 1 saturated heterocycles. The van der Waals surface area contributed by atoms with Crippen LogP contribution < -0.4 is 19.7 Å². The number of benzene rings is 1. The molecule has 9 nitrogen and oxygen atoms in total. The van der Waals surface area contributed by atoms with Gasteiger partial charge in [0.1, 0.15) is 13.2 Å². The van der Waals surface area contributed by atoms with Gasteiger partial charge in [0.05, 0.1) is 12.5 Å². The number of hydrogen-bond acceptors (Lipinski definition) is 7. The lowest BCUT2D eigenvalue weighted by atomic mass is 10.1. The molecule has 2 amide bonds. The molecule has 1 aromatic carbocycles. The summed E-state index contributed by atoms with van der Waals surface area (Å²) < 4.78 is 20.8. The Kier molecular flexibility index (Phi) is 6.12. The molecule has 2 aliphatic rings. The molecule has 1 aromatic rings. The second-order valence-electron chi connectivity index (χ2n) is 6.18. The standard InChI is InChI=1S/C18H22N2O7/c1-24-5-4-19-16(21)11-27-18(23)12-8-17(22)20(10-12)13-2-3-14-15(9-13)26-7-6-25-14/h2-3,9,12H,4-8,10-11H2,1H3,(H,19,21)/t12-/m0/s1. The monoisotopic (exact) mass is 378 g/mol. The van der Waals surface area contributed by atoms with E-state index in [2.05, 4.69) is 5.32 Å². The van der Waals surface area contributed by atoms with Gasteiger partial charge in [-0.15, -0.1) is 0 Å². The van der Waals surface area contributed by atoms with E-state index in [1.165, 1.54) is 12.0 Å². The number of rotatable bonds is 7. The van der Waals surface area contributed by atoms with Gasteiger partial charge in [0, 0.05) is 38.4 Å². The number of nitrogens with one attached hydrogen (secondary N) is 1. The van der Waals surface area contributed by atoms with Crippen LogP contribution in [-0.2, 0) is 23.9 Å². The molecule has 0 radical (unpaired) electrons. The molecule has 1 fully saturated rings. The van der Waals surface area contributed by atoms with Crippen LogP contribution in [0.15, 0.2) is 18.2 Å². The average Bonchev–Trinajstić information content (AvgIpc) is 3.07. The lowest BCUT2D eigenvalue weighted by molar-refractivity contribution is -0.152. The molecule has 2 aliphatic heterocycles. The van der Waals surface area contributed by atoms with E-state index in [4.69, 9.17) is 18.9 Å². The fraction of sp³-hybridized carbons (Fsp3) is 0.500. The fourth-order valence-corrected chi connectivity index (χ4v) is 2.91. The van der Waals surface area contributed by atoms with Crippen LogP contribution in [-0.4, -0.2) is 64.4 Å². The quantitative estimate of drug-likeness (QED) is 0.531. The van der Waals surface area contributed by atoms with Gasteiger partial charge >= 0.3 is 5.97 Å². The highest BCUT2D eigenvalue weighted by molar-refractivity contribution is 5.99. The Morgan fingerprint density at radius 2 is 2.04 bits per heavy atom. The summed E-state index contributed by atoms with van der Waals surface area (Å²) >= 11 is 0. The van der Waals surface area contributed by atoms with E-state index in [0.29, 0.717) is 43.6 Å². The summed E-state index contributed by atoms with van der Waals surface area (Å²) in [4.78, 5) is 37.6. The molecular formula is C18H22N2O7. The molecule has 27 heavy (non-hydrogen) atoms. The third-order valence-corrected chi connectivity index (χ3v) is 4.27. The van der Waals surface area contributed by atoms with E-state index in [9.17, 15) is 14.4 Å². The third kappa shape index (κ3) is 4.68. The van der Waals surface area contributed by atoms with Crippen molar-refractivity contribution in [3.63, 3.8) is 0 Å². The molecule has 146 valence electrons. The molecule has 1 atom stereocenters. The number of carbonyl (C=O) groups is 3. The van der Waals surface area contributed by atoms with Gasteiger partial charge in [-0.3, -0.25) is 14.4 Å². The Balaban J connectivity index is 1.54. The fourth-order valence-electron chi connectivity index (χ4n) is 2.91. The first kappa shape index (κ1) is 19.0. The van der Waals surface area contributed by atoms with E-state index >= 15 is 0 Å². The lowest BCUT2D eigenvalue weighted by Gasteiger charge is -2.22. The van der Waals surface area contributed by atoms with Gasteiger partial charge in [-0.05, 0) is 12.1 Å². The number of carbonyl (C=O) groups excluding carboxylic acids is 3. The third-order valence-electron chi connectivity index (χ3n) is 4.27. The minimum Gasteiger partial charge on any atom is -0.486 e. The lowest BCUT2D eigenvalue weighted by Crippen LogP contribution is -2.33. The number of nitrogens with zero attached hydrogens (tertiary/aromatic N) is 1. The van der Waals surface area contributed by atoms with Crippen LogP contribution in [0.4, 0.5) is 5.69 Å². The Morgan fingerprint density at radius 1 is 1.26 bits per heavy atom. The highest BCUT2D eigenvalue weighted by Crippen LogP contribution is 2.36. The summed E-state index contributed by atoms with van der Waals surface area (Å²) in [5.74, 6) is -0.563. The molecule has 0 saturated carbocycles. The molecule has 0 aliphatic carbocycles. The zero-order valence-corrected chi connectivity index (χ0v) is 15.1. The van der Waals surface area contributed by atoms with Crippen molar-refractivity contribution in [1.29, 1.82) is 0 Å². The molecule has 3 rings (SSSR count). The van der Waals surface area contributed by atoms with Crippen LogP contribution in [0.5, 0.6) is 11.5 Å². The van der Waals surface area contributed by atoms with Crippen molar-refractivity contribution in [3.8, 4) is 11.5 Å². The molecule has 9 heteroatoms. The van der Waals surface area contributed by atoms with Gasteiger partial charge in [-0.1, -0.05) is 0 Å². The summed E-state index contributed by atoms with van der Waals surface area (Å²) in [5, 5.41) is 2.56. The Morgan fingerprint density at radius 3 is 2.81 bits per heavy atom. The van der Waals surface area contributed by atoms with Crippen molar-refractivity contribution in [2.75, 3.05) is 51.5 Å². The number of ether oxygens (including phenoxy) is 4. The van der Waals surface area contributed by atoms with Crippen LogP contribution in [0.1, 0.15) is 6.42 Å². The summed E-state index contributed by atoms with van der Waals surface area (Å²) in [6.45, 7) is 1.47. The molecular weight excluding hydrogens is 356 g/mol. The largest absolute Gasteiger partial charge is 0.486 e. The normalized spacial score (nSPS) is 18.3. The number of amides is 2.